The van der Waals surface area contributed by atoms with E-state index in [1.165, 1.54) is 11.1 Å². The van der Waals surface area contributed by atoms with Crippen molar-refractivity contribution in [3.8, 4) is 5.75 Å². The van der Waals surface area contributed by atoms with Crippen LogP contribution in [-0.2, 0) is 0 Å². The topological polar surface area (TPSA) is 35.2 Å². The number of benzene rings is 2. The van der Waals surface area contributed by atoms with Crippen molar-refractivity contribution in [1.82, 2.24) is 0 Å². The molecule has 0 spiro atoms. The van der Waals surface area contributed by atoms with E-state index >= 15 is 0 Å². The van der Waals surface area contributed by atoms with Crippen LogP contribution in [0.4, 0.5) is 0 Å². The third kappa shape index (κ3) is 3.61. The molecule has 0 bridgehead atoms. The van der Waals surface area contributed by atoms with Crippen LogP contribution in [0.25, 0.3) is 0 Å². The van der Waals surface area contributed by atoms with Crippen LogP contribution < -0.4 is 10.5 Å². The Balaban J connectivity index is 2.09. The van der Waals surface area contributed by atoms with Gasteiger partial charge in [-0.2, -0.15) is 0 Å². The first-order valence-corrected chi connectivity index (χ1v) is 7.12. The van der Waals surface area contributed by atoms with Crippen molar-refractivity contribution in [2.75, 3.05) is 6.61 Å². The molecule has 2 aromatic carbocycles. The minimum absolute atomic E-state index is 0.100. The van der Waals surface area contributed by atoms with E-state index in [1.807, 2.05) is 30.3 Å². The van der Waals surface area contributed by atoms with Crippen LogP contribution in [0.1, 0.15) is 42.5 Å². The van der Waals surface area contributed by atoms with Gasteiger partial charge in [0.2, 0.25) is 0 Å². The molecule has 0 aliphatic rings. The van der Waals surface area contributed by atoms with Crippen molar-refractivity contribution in [3.63, 3.8) is 0 Å². The standard InChI is InChI=1S/C18H23NO/c1-13(2)16-10-9-14(3)11-18(16)20-12-17(19)15-7-5-4-6-8-15/h4-11,13,17H,12,19H2,1-3H3. The van der Waals surface area contributed by atoms with Gasteiger partial charge in [0.15, 0.2) is 0 Å². The van der Waals surface area contributed by atoms with Crippen LogP contribution in [0.15, 0.2) is 48.5 Å². The average Bonchev–Trinajstić information content (AvgIpc) is 2.45. The van der Waals surface area contributed by atoms with Gasteiger partial charge in [-0.15, -0.1) is 0 Å². The minimum atomic E-state index is -0.100. The predicted molar refractivity (Wildman–Crippen MR) is 84.1 cm³/mol. The van der Waals surface area contributed by atoms with Crippen molar-refractivity contribution in [3.05, 3.63) is 65.2 Å². The molecule has 1 atom stereocenters. The lowest BCUT2D eigenvalue weighted by atomic mass is 10.0. The fourth-order valence-corrected chi connectivity index (χ4v) is 2.22. The highest BCUT2D eigenvalue weighted by molar-refractivity contribution is 5.39. The van der Waals surface area contributed by atoms with E-state index in [2.05, 4.69) is 39.0 Å². The van der Waals surface area contributed by atoms with Crippen LogP contribution in [0.2, 0.25) is 0 Å². The van der Waals surface area contributed by atoms with Gasteiger partial charge in [-0.05, 0) is 35.6 Å². The van der Waals surface area contributed by atoms with E-state index in [4.69, 9.17) is 10.5 Å². The molecule has 2 aromatic rings. The maximum atomic E-state index is 6.18. The fraction of sp³-hybridized carbons (Fsp3) is 0.333. The Morgan fingerprint density at radius 2 is 1.75 bits per heavy atom. The summed E-state index contributed by atoms with van der Waals surface area (Å²) >= 11 is 0. The number of ether oxygens (including phenoxy) is 1. The molecule has 0 aromatic heterocycles. The smallest absolute Gasteiger partial charge is 0.123 e. The minimum Gasteiger partial charge on any atom is -0.491 e. The van der Waals surface area contributed by atoms with Crippen molar-refractivity contribution in [2.45, 2.75) is 32.7 Å². The second-order valence-electron chi connectivity index (χ2n) is 5.52. The molecule has 0 fully saturated rings. The quantitative estimate of drug-likeness (QED) is 0.883. The van der Waals surface area contributed by atoms with Gasteiger partial charge in [0.25, 0.3) is 0 Å². The van der Waals surface area contributed by atoms with E-state index in [1.54, 1.807) is 0 Å². The van der Waals surface area contributed by atoms with Crippen LogP contribution in [0.5, 0.6) is 5.75 Å². The third-order valence-electron chi connectivity index (χ3n) is 3.44. The Morgan fingerprint density at radius 3 is 2.40 bits per heavy atom. The molecule has 0 heterocycles. The van der Waals surface area contributed by atoms with Crippen molar-refractivity contribution in [1.29, 1.82) is 0 Å². The van der Waals surface area contributed by atoms with Gasteiger partial charge in [0, 0.05) is 0 Å². The molecule has 0 aliphatic carbocycles. The highest BCUT2D eigenvalue weighted by atomic mass is 16.5. The molecule has 106 valence electrons. The van der Waals surface area contributed by atoms with E-state index in [0.29, 0.717) is 12.5 Å². The zero-order valence-electron chi connectivity index (χ0n) is 12.5. The zero-order valence-corrected chi connectivity index (χ0v) is 12.5. The second-order valence-corrected chi connectivity index (χ2v) is 5.52. The SMILES string of the molecule is Cc1ccc(C(C)C)c(OCC(N)c2ccccc2)c1. The molecule has 2 heteroatoms. The Kier molecular flexibility index (Phi) is 4.80. The van der Waals surface area contributed by atoms with Crippen molar-refractivity contribution < 1.29 is 4.74 Å². The Labute approximate surface area is 121 Å². The summed E-state index contributed by atoms with van der Waals surface area (Å²) in [5.41, 5.74) is 9.72. The summed E-state index contributed by atoms with van der Waals surface area (Å²) in [7, 11) is 0. The molecule has 2 rings (SSSR count). The molecule has 0 saturated carbocycles. The molecule has 0 saturated heterocycles. The Morgan fingerprint density at radius 1 is 1.05 bits per heavy atom. The van der Waals surface area contributed by atoms with Crippen LogP contribution in [0.3, 0.4) is 0 Å². The monoisotopic (exact) mass is 269 g/mol. The lowest BCUT2D eigenvalue weighted by molar-refractivity contribution is 0.287. The first-order chi connectivity index (χ1) is 9.58. The van der Waals surface area contributed by atoms with Gasteiger partial charge < -0.3 is 10.5 Å². The molecular weight excluding hydrogens is 246 g/mol. The number of hydrogen-bond donors (Lipinski definition) is 1. The van der Waals surface area contributed by atoms with Gasteiger partial charge in [-0.1, -0.05) is 56.3 Å². The summed E-state index contributed by atoms with van der Waals surface area (Å²) in [5, 5.41) is 0. The Hall–Kier alpha value is -1.80. The first kappa shape index (κ1) is 14.6. The summed E-state index contributed by atoms with van der Waals surface area (Å²) in [4.78, 5) is 0. The van der Waals surface area contributed by atoms with Crippen LogP contribution in [0, 0.1) is 6.92 Å². The van der Waals surface area contributed by atoms with Gasteiger partial charge in [-0.25, -0.2) is 0 Å². The van der Waals surface area contributed by atoms with E-state index in [9.17, 15) is 0 Å². The molecule has 20 heavy (non-hydrogen) atoms. The maximum absolute atomic E-state index is 6.18. The number of aryl methyl sites for hydroxylation is 1. The summed E-state index contributed by atoms with van der Waals surface area (Å²) in [6, 6.07) is 16.3. The molecule has 2 N–H and O–H groups in total. The maximum Gasteiger partial charge on any atom is 0.123 e. The molecule has 0 amide bonds. The molecule has 0 aliphatic heterocycles. The first-order valence-electron chi connectivity index (χ1n) is 7.12. The highest BCUT2D eigenvalue weighted by Gasteiger charge is 2.11. The predicted octanol–water partition coefficient (Wildman–Crippen LogP) is 4.20. The summed E-state index contributed by atoms with van der Waals surface area (Å²) in [6.07, 6.45) is 0. The Bertz CT molecular complexity index is 549. The van der Waals surface area contributed by atoms with Gasteiger partial charge in [0.05, 0.1) is 6.04 Å². The largest absolute Gasteiger partial charge is 0.491 e. The van der Waals surface area contributed by atoms with Gasteiger partial charge in [0.1, 0.15) is 12.4 Å². The summed E-state index contributed by atoms with van der Waals surface area (Å²) in [6.45, 7) is 6.92. The van der Waals surface area contributed by atoms with Crippen LogP contribution >= 0.6 is 0 Å². The molecular formula is C18H23NO. The van der Waals surface area contributed by atoms with E-state index < -0.39 is 0 Å². The van der Waals surface area contributed by atoms with Gasteiger partial charge >= 0.3 is 0 Å². The van der Waals surface area contributed by atoms with Crippen molar-refractivity contribution in [2.24, 2.45) is 5.73 Å². The summed E-state index contributed by atoms with van der Waals surface area (Å²) in [5.74, 6) is 1.39. The number of rotatable bonds is 5. The fourth-order valence-electron chi connectivity index (χ4n) is 2.22. The van der Waals surface area contributed by atoms with E-state index in [-0.39, 0.29) is 6.04 Å². The third-order valence-corrected chi connectivity index (χ3v) is 3.44. The molecule has 1 unspecified atom stereocenters. The molecule has 0 radical (unpaired) electrons. The second kappa shape index (κ2) is 6.58. The normalized spacial score (nSPS) is 12.4. The summed E-state index contributed by atoms with van der Waals surface area (Å²) < 4.78 is 5.97. The highest BCUT2D eigenvalue weighted by Crippen LogP contribution is 2.28. The number of nitrogens with two attached hydrogens (primary N) is 1. The van der Waals surface area contributed by atoms with Gasteiger partial charge in [-0.3, -0.25) is 0 Å². The average molecular weight is 269 g/mol. The number of hydrogen-bond acceptors (Lipinski definition) is 2. The lowest BCUT2D eigenvalue weighted by Crippen LogP contribution is -2.19. The molecule has 2 nitrogen and oxygen atoms in total. The van der Waals surface area contributed by atoms with Crippen LogP contribution in [-0.4, -0.2) is 6.61 Å². The van der Waals surface area contributed by atoms with E-state index in [0.717, 1.165) is 11.3 Å². The lowest BCUT2D eigenvalue weighted by Gasteiger charge is -2.18. The zero-order chi connectivity index (χ0) is 14.5. The van der Waals surface area contributed by atoms with Crippen molar-refractivity contribution >= 4 is 0 Å².